The third-order valence-corrected chi connectivity index (χ3v) is 5.81. The lowest BCUT2D eigenvalue weighted by molar-refractivity contribution is -0.146. The molecule has 1 atom stereocenters. The molecule has 1 amide bonds. The first-order chi connectivity index (χ1) is 12.5. The number of hydrogen-bond acceptors (Lipinski definition) is 5. The van der Waals surface area contributed by atoms with Gasteiger partial charge >= 0.3 is 5.97 Å². The summed E-state index contributed by atoms with van der Waals surface area (Å²) in [4.78, 5) is 27.6. The Balaban J connectivity index is 1.52. The summed E-state index contributed by atoms with van der Waals surface area (Å²) < 4.78 is 11.0. The Morgan fingerprint density at radius 1 is 1.31 bits per heavy atom. The second-order valence-corrected chi connectivity index (χ2v) is 7.02. The second-order valence-electron chi connectivity index (χ2n) is 7.02. The molecule has 2 aliphatic heterocycles. The molecule has 2 saturated heterocycles. The average molecular weight is 362 g/mol. The van der Waals surface area contributed by atoms with E-state index in [1.807, 2.05) is 24.3 Å². The fourth-order valence-electron chi connectivity index (χ4n) is 4.13. The van der Waals surface area contributed by atoms with Gasteiger partial charge in [-0.1, -0.05) is 6.07 Å². The van der Waals surface area contributed by atoms with Crippen LogP contribution in [0.1, 0.15) is 19.3 Å². The van der Waals surface area contributed by atoms with E-state index in [4.69, 9.17) is 9.47 Å². The third-order valence-electron chi connectivity index (χ3n) is 5.81. The topological polar surface area (TPSA) is 79.3 Å². The van der Waals surface area contributed by atoms with Crippen LogP contribution in [0.5, 0.6) is 11.5 Å². The van der Waals surface area contributed by atoms with Crippen molar-refractivity contribution in [3.05, 3.63) is 24.3 Å². The number of rotatable bonds is 6. The van der Waals surface area contributed by atoms with Crippen molar-refractivity contribution in [2.45, 2.75) is 24.8 Å². The quantitative estimate of drug-likeness (QED) is 0.826. The van der Waals surface area contributed by atoms with Crippen molar-refractivity contribution in [3.8, 4) is 11.5 Å². The summed E-state index contributed by atoms with van der Waals surface area (Å²) in [6.07, 6.45) is 1.49. The van der Waals surface area contributed by atoms with E-state index in [0.29, 0.717) is 19.4 Å². The van der Waals surface area contributed by atoms with E-state index >= 15 is 0 Å². The van der Waals surface area contributed by atoms with Gasteiger partial charge in [0.1, 0.15) is 18.1 Å². The fourth-order valence-corrected chi connectivity index (χ4v) is 4.13. The van der Waals surface area contributed by atoms with Gasteiger partial charge in [0.25, 0.3) is 0 Å². The number of amides is 1. The molecular weight excluding hydrogens is 336 g/mol. The van der Waals surface area contributed by atoms with Gasteiger partial charge in [0.15, 0.2) is 0 Å². The van der Waals surface area contributed by atoms with E-state index in [-0.39, 0.29) is 12.3 Å². The first kappa shape index (κ1) is 18.5. The molecule has 2 heterocycles. The van der Waals surface area contributed by atoms with Crippen LogP contribution in [0.3, 0.4) is 0 Å². The molecule has 2 fully saturated rings. The van der Waals surface area contributed by atoms with Crippen molar-refractivity contribution in [3.63, 3.8) is 0 Å². The zero-order valence-electron chi connectivity index (χ0n) is 15.3. The van der Waals surface area contributed by atoms with E-state index in [1.165, 1.54) is 0 Å². The normalized spacial score (nSPS) is 22.6. The summed E-state index contributed by atoms with van der Waals surface area (Å²) >= 11 is 0. The minimum Gasteiger partial charge on any atom is -0.497 e. The number of piperidine rings is 1. The van der Waals surface area contributed by atoms with Crippen LogP contribution in [0.25, 0.3) is 0 Å². The summed E-state index contributed by atoms with van der Waals surface area (Å²) in [5, 5.41) is 9.52. The molecule has 1 aromatic rings. The van der Waals surface area contributed by atoms with Crippen molar-refractivity contribution >= 4 is 11.9 Å². The van der Waals surface area contributed by atoms with E-state index < -0.39 is 17.4 Å². The van der Waals surface area contributed by atoms with Crippen LogP contribution in [0.2, 0.25) is 0 Å². The highest BCUT2D eigenvalue weighted by Gasteiger charge is 2.55. The van der Waals surface area contributed by atoms with Gasteiger partial charge in [-0.2, -0.15) is 0 Å². The Morgan fingerprint density at radius 3 is 2.65 bits per heavy atom. The maximum absolute atomic E-state index is 12.0. The van der Waals surface area contributed by atoms with Crippen LogP contribution < -0.4 is 9.47 Å². The molecule has 0 bridgehead atoms. The van der Waals surface area contributed by atoms with Gasteiger partial charge in [0.05, 0.1) is 18.6 Å². The van der Waals surface area contributed by atoms with E-state index in [1.54, 1.807) is 19.1 Å². The standard InChI is InChI=1S/C19H26N2O5/c1-20-17(22)13-16(18(23)24)19(20)6-8-21(9-7-19)10-11-26-15-5-3-4-14(12-15)25-2/h3-5,12,16H,6-11,13H2,1-2H3,(H,23,24)/t16-/m0/s1. The van der Waals surface area contributed by atoms with Gasteiger partial charge in [-0.25, -0.2) is 0 Å². The van der Waals surface area contributed by atoms with Crippen LogP contribution in [0, 0.1) is 5.92 Å². The van der Waals surface area contributed by atoms with E-state index in [2.05, 4.69) is 4.90 Å². The predicted molar refractivity (Wildman–Crippen MR) is 95.4 cm³/mol. The second kappa shape index (κ2) is 7.53. The maximum atomic E-state index is 12.0. The molecular formula is C19H26N2O5. The van der Waals surface area contributed by atoms with Crippen molar-refractivity contribution in [2.24, 2.45) is 5.92 Å². The van der Waals surface area contributed by atoms with Gasteiger partial charge in [-0.3, -0.25) is 14.5 Å². The smallest absolute Gasteiger partial charge is 0.309 e. The Bertz CT molecular complexity index is 670. The molecule has 1 spiro atoms. The molecule has 1 N–H and O–H groups in total. The summed E-state index contributed by atoms with van der Waals surface area (Å²) in [7, 11) is 3.37. The molecule has 7 nitrogen and oxygen atoms in total. The third kappa shape index (κ3) is 3.49. The number of ether oxygens (including phenoxy) is 2. The zero-order valence-corrected chi connectivity index (χ0v) is 15.3. The fraction of sp³-hybridized carbons (Fsp3) is 0.579. The Morgan fingerprint density at radius 2 is 2.00 bits per heavy atom. The lowest BCUT2D eigenvalue weighted by Gasteiger charge is -2.45. The van der Waals surface area contributed by atoms with Crippen LogP contribution in [-0.4, -0.2) is 72.7 Å². The number of likely N-dealkylation sites (tertiary alicyclic amines) is 2. The summed E-state index contributed by atoms with van der Waals surface area (Å²) in [6.45, 7) is 2.85. The SMILES string of the molecule is COc1cccc(OCCN2CCC3(CC2)[C@H](C(=O)O)CC(=O)N3C)c1. The number of benzene rings is 1. The number of carbonyl (C=O) groups excluding carboxylic acids is 1. The van der Waals surface area contributed by atoms with Gasteiger partial charge in [0.2, 0.25) is 5.91 Å². The molecule has 26 heavy (non-hydrogen) atoms. The van der Waals surface area contributed by atoms with Gasteiger partial charge in [0, 0.05) is 39.2 Å². The number of methoxy groups -OCH3 is 1. The summed E-state index contributed by atoms with van der Waals surface area (Å²) in [5.41, 5.74) is -0.535. The number of aliphatic carboxylic acids is 1. The molecule has 3 rings (SSSR count). The molecule has 0 aromatic heterocycles. The molecule has 142 valence electrons. The predicted octanol–water partition coefficient (Wildman–Crippen LogP) is 1.47. The highest BCUT2D eigenvalue weighted by Crippen LogP contribution is 2.42. The maximum Gasteiger partial charge on any atom is 0.309 e. The number of carbonyl (C=O) groups is 2. The molecule has 0 saturated carbocycles. The largest absolute Gasteiger partial charge is 0.497 e. The Labute approximate surface area is 153 Å². The number of hydrogen-bond donors (Lipinski definition) is 1. The minimum absolute atomic E-state index is 0.0628. The highest BCUT2D eigenvalue weighted by molar-refractivity contribution is 5.88. The average Bonchev–Trinajstić information content (AvgIpc) is 2.89. The van der Waals surface area contributed by atoms with Crippen molar-refractivity contribution in [1.29, 1.82) is 0 Å². The van der Waals surface area contributed by atoms with Gasteiger partial charge in [-0.15, -0.1) is 0 Å². The van der Waals surface area contributed by atoms with E-state index in [0.717, 1.165) is 31.1 Å². The van der Waals surface area contributed by atoms with Crippen LogP contribution >= 0.6 is 0 Å². The molecule has 0 aliphatic carbocycles. The monoisotopic (exact) mass is 362 g/mol. The lowest BCUT2D eigenvalue weighted by Crippen LogP contribution is -2.56. The van der Waals surface area contributed by atoms with Crippen LogP contribution in [-0.2, 0) is 9.59 Å². The van der Waals surface area contributed by atoms with Gasteiger partial charge < -0.3 is 19.5 Å². The number of nitrogens with zero attached hydrogens (tertiary/aromatic N) is 2. The summed E-state index contributed by atoms with van der Waals surface area (Å²) in [6, 6.07) is 7.50. The van der Waals surface area contributed by atoms with E-state index in [9.17, 15) is 14.7 Å². The molecule has 1 aromatic carbocycles. The Hall–Kier alpha value is -2.28. The first-order valence-electron chi connectivity index (χ1n) is 8.95. The van der Waals surface area contributed by atoms with Crippen molar-refractivity contribution in [1.82, 2.24) is 9.80 Å². The molecule has 2 aliphatic rings. The first-order valence-corrected chi connectivity index (χ1v) is 8.95. The minimum atomic E-state index is -0.863. The van der Waals surface area contributed by atoms with Crippen LogP contribution in [0.15, 0.2) is 24.3 Å². The molecule has 7 heteroatoms. The zero-order chi connectivity index (χ0) is 18.7. The lowest BCUT2D eigenvalue weighted by atomic mass is 9.77. The van der Waals surface area contributed by atoms with Crippen LogP contribution in [0.4, 0.5) is 0 Å². The molecule has 0 radical (unpaired) electrons. The Kier molecular flexibility index (Phi) is 5.36. The summed E-state index contributed by atoms with van der Waals surface area (Å²) in [5.74, 6) is 0.000795. The number of carboxylic acids is 1. The van der Waals surface area contributed by atoms with Crippen molar-refractivity contribution < 1.29 is 24.2 Å². The highest BCUT2D eigenvalue weighted by atomic mass is 16.5. The molecule has 0 unspecified atom stereocenters. The van der Waals surface area contributed by atoms with Crippen molar-refractivity contribution in [2.75, 3.05) is 40.4 Å². The van der Waals surface area contributed by atoms with Gasteiger partial charge in [-0.05, 0) is 25.0 Å². The number of carboxylic acid groups (broad SMARTS) is 1.